The molecular formula is C21H27FN4O3. The first-order valence-corrected chi connectivity index (χ1v) is 10.3. The summed E-state index contributed by atoms with van der Waals surface area (Å²) in [5.41, 5.74) is 4.78. The molecule has 0 spiro atoms. The Labute approximate surface area is 169 Å². The number of aromatic amines is 1. The van der Waals surface area contributed by atoms with Crippen LogP contribution in [0.3, 0.4) is 0 Å². The number of allylic oxidation sites excluding steroid dienone is 3. The molecule has 2 amide bonds. The molecular weight excluding hydrogens is 375 g/mol. The van der Waals surface area contributed by atoms with Gasteiger partial charge in [0.05, 0.1) is 12.7 Å². The first-order valence-electron chi connectivity index (χ1n) is 10.3. The molecule has 4 rings (SSSR count). The molecule has 1 aromatic heterocycles. The van der Waals surface area contributed by atoms with Gasteiger partial charge >= 0.3 is 0 Å². The van der Waals surface area contributed by atoms with Crippen LogP contribution >= 0.6 is 0 Å². The van der Waals surface area contributed by atoms with E-state index in [1.54, 1.807) is 0 Å². The van der Waals surface area contributed by atoms with Crippen LogP contribution in [0.2, 0.25) is 0 Å². The molecule has 1 saturated heterocycles. The molecule has 7 nitrogen and oxygen atoms in total. The zero-order valence-corrected chi connectivity index (χ0v) is 16.7. The molecule has 156 valence electrons. The number of carbonyl (C=O) groups excluding carboxylic acids is 2. The summed E-state index contributed by atoms with van der Waals surface area (Å²) in [7, 11) is 1.32. The second-order valence-corrected chi connectivity index (χ2v) is 7.76. The lowest BCUT2D eigenvalue weighted by atomic mass is 9.98. The fourth-order valence-corrected chi connectivity index (χ4v) is 4.39. The van der Waals surface area contributed by atoms with E-state index in [0.29, 0.717) is 18.5 Å². The van der Waals surface area contributed by atoms with E-state index in [2.05, 4.69) is 20.2 Å². The molecule has 29 heavy (non-hydrogen) atoms. The number of fused-ring (bicyclic) bond motifs is 1. The lowest BCUT2D eigenvalue weighted by Crippen LogP contribution is -2.35. The quantitative estimate of drug-likeness (QED) is 0.759. The zero-order chi connectivity index (χ0) is 20.4. The molecule has 8 heteroatoms. The van der Waals surface area contributed by atoms with Crippen LogP contribution in [0.1, 0.15) is 54.6 Å². The van der Waals surface area contributed by atoms with Gasteiger partial charge in [-0.25, -0.2) is 9.87 Å². The molecule has 2 aliphatic heterocycles. The number of likely N-dealkylation sites (tertiary alicyclic amines) is 1. The predicted octanol–water partition coefficient (Wildman–Crippen LogP) is 2.97. The predicted molar refractivity (Wildman–Crippen MR) is 107 cm³/mol. The fraction of sp³-hybridized carbons (Fsp3) is 0.524. The molecule has 0 aromatic carbocycles. The van der Waals surface area contributed by atoms with Crippen LogP contribution in [-0.4, -0.2) is 48.4 Å². The van der Waals surface area contributed by atoms with Crippen LogP contribution in [0.5, 0.6) is 0 Å². The molecule has 1 aromatic rings. The number of amides is 2. The Kier molecular flexibility index (Phi) is 5.71. The lowest BCUT2D eigenvalue weighted by Gasteiger charge is -2.32. The fourth-order valence-electron chi connectivity index (χ4n) is 4.39. The average molecular weight is 402 g/mol. The van der Waals surface area contributed by atoms with E-state index < -0.39 is 11.7 Å². The van der Waals surface area contributed by atoms with Gasteiger partial charge in [0.15, 0.2) is 0 Å². The van der Waals surface area contributed by atoms with Crippen LogP contribution in [0.25, 0.3) is 0 Å². The topological polar surface area (TPSA) is 77.7 Å². The highest BCUT2D eigenvalue weighted by Crippen LogP contribution is 2.35. The highest BCUT2D eigenvalue weighted by molar-refractivity contribution is 5.94. The third-order valence-electron chi connectivity index (χ3n) is 5.88. The van der Waals surface area contributed by atoms with Gasteiger partial charge in [0.25, 0.3) is 11.8 Å². The number of carbonyl (C=O) groups is 2. The number of nitrogens with zero attached hydrogens (tertiary/aromatic N) is 2. The van der Waals surface area contributed by atoms with Gasteiger partial charge in [0.2, 0.25) is 0 Å². The number of hydroxylamine groups is 1. The molecule has 2 N–H and O–H groups in total. The minimum absolute atomic E-state index is 0.0428. The van der Waals surface area contributed by atoms with Crippen LogP contribution in [0, 0.1) is 0 Å². The average Bonchev–Trinajstić information content (AvgIpc) is 3.18. The Hall–Kier alpha value is -2.61. The molecule has 3 heterocycles. The Morgan fingerprint density at radius 2 is 1.90 bits per heavy atom. The summed E-state index contributed by atoms with van der Waals surface area (Å²) in [4.78, 5) is 36.6. The zero-order valence-electron chi connectivity index (χ0n) is 16.7. The molecule has 0 bridgehead atoms. The van der Waals surface area contributed by atoms with E-state index in [0.717, 1.165) is 62.4 Å². The molecule has 0 radical (unpaired) electrons. The number of aromatic nitrogens is 1. The number of anilines is 1. The van der Waals surface area contributed by atoms with Crippen molar-refractivity contribution in [3.05, 3.63) is 40.5 Å². The molecule has 1 fully saturated rings. The Bertz CT molecular complexity index is 867. The van der Waals surface area contributed by atoms with Gasteiger partial charge in [-0.05, 0) is 62.7 Å². The van der Waals surface area contributed by atoms with Gasteiger partial charge in [-0.3, -0.25) is 14.4 Å². The Morgan fingerprint density at radius 3 is 2.62 bits per heavy atom. The second kappa shape index (κ2) is 8.41. The largest absolute Gasteiger partial charge is 0.337 e. The summed E-state index contributed by atoms with van der Waals surface area (Å²) in [6.45, 7) is 2.36. The van der Waals surface area contributed by atoms with E-state index >= 15 is 0 Å². The Morgan fingerprint density at radius 1 is 1.10 bits per heavy atom. The van der Waals surface area contributed by atoms with Crippen LogP contribution < -0.4 is 10.4 Å². The third-order valence-corrected chi connectivity index (χ3v) is 5.88. The van der Waals surface area contributed by atoms with Crippen molar-refractivity contribution in [2.45, 2.75) is 44.9 Å². The van der Waals surface area contributed by atoms with Crippen molar-refractivity contribution in [1.29, 1.82) is 0 Å². The summed E-state index contributed by atoms with van der Waals surface area (Å²) in [5, 5.41) is 0. The first-order chi connectivity index (χ1) is 14.1. The minimum Gasteiger partial charge on any atom is -0.337 e. The smallest absolute Gasteiger partial charge is 0.273 e. The highest BCUT2D eigenvalue weighted by atomic mass is 19.1. The highest BCUT2D eigenvalue weighted by Gasteiger charge is 2.29. The number of nitrogens with one attached hydrogen (secondary N) is 2. The van der Waals surface area contributed by atoms with E-state index in [1.165, 1.54) is 19.6 Å². The number of halogens is 1. The number of hydrogen-bond acceptors (Lipinski definition) is 4. The van der Waals surface area contributed by atoms with Crippen molar-refractivity contribution >= 4 is 17.6 Å². The summed E-state index contributed by atoms with van der Waals surface area (Å²) in [6, 6.07) is 1.95. The maximum absolute atomic E-state index is 14.6. The molecule has 0 saturated carbocycles. The maximum atomic E-state index is 14.6. The van der Waals surface area contributed by atoms with Crippen LogP contribution in [0.4, 0.5) is 10.2 Å². The van der Waals surface area contributed by atoms with Crippen molar-refractivity contribution in [3.63, 3.8) is 0 Å². The normalized spacial score (nSPS) is 19.7. The molecule has 1 aliphatic carbocycles. The number of H-pyrrole nitrogens is 1. The van der Waals surface area contributed by atoms with Gasteiger partial charge < -0.3 is 14.8 Å². The molecule has 0 unspecified atom stereocenters. The van der Waals surface area contributed by atoms with E-state index in [4.69, 9.17) is 0 Å². The van der Waals surface area contributed by atoms with Crippen molar-refractivity contribution in [2.75, 3.05) is 31.6 Å². The van der Waals surface area contributed by atoms with Gasteiger partial charge in [-0.2, -0.15) is 0 Å². The summed E-state index contributed by atoms with van der Waals surface area (Å²) in [5.74, 6) is -0.167. The SMILES string of the molecule is CONC(=O)C1=C(F)C=C(N2CCCc3cc(C(=O)N4CCCCC4)[nH]c32)CC1. The van der Waals surface area contributed by atoms with Crippen LogP contribution in [0.15, 0.2) is 29.2 Å². The standard InChI is InChI=1S/C21H27FN4O3/c1-29-24-20(27)16-8-7-15(13-17(16)22)26-11-5-6-14-12-18(23-19(14)26)21(28)25-9-3-2-4-10-25/h12-13,23H,2-11H2,1H3,(H,24,27). The van der Waals surface area contributed by atoms with Crippen molar-refractivity contribution in [2.24, 2.45) is 0 Å². The second-order valence-electron chi connectivity index (χ2n) is 7.76. The van der Waals surface area contributed by atoms with Gasteiger partial charge in [0, 0.05) is 25.3 Å². The van der Waals surface area contributed by atoms with Crippen molar-refractivity contribution in [3.8, 4) is 0 Å². The van der Waals surface area contributed by atoms with Crippen molar-refractivity contribution < 1.29 is 18.8 Å². The van der Waals surface area contributed by atoms with E-state index in [9.17, 15) is 14.0 Å². The number of aryl methyl sites for hydroxylation is 1. The monoisotopic (exact) mass is 402 g/mol. The van der Waals surface area contributed by atoms with Gasteiger partial charge in [-0.15, -0.1) is 0 Å². The summed E-state index contributed by atoms with van der Waals surface area (Å²) >= 11 is 0. The summed E-state index contributed by atoms with van der Waals surface area (Å²) in [6.07, 6.45) is 7.38. The number of rotatable bonds is 4. The minimum atomic E-state index is -0.547. The first kappa shape index (κ1) is 19.7. The van der Waals surface area contributed by atoms with Crippen LogP contribution in [-0.2, 0) is 16.1 Å². The number of hydrogen-bond donors (Lipinski definition) is 2. The number of piperidine rings is 1. The van der Waals surface area contributed by atoms with Gasteiger partial charge in [-0.1, -0.05) is 0 Å². The van der Waals surface area contributed by atoms with E-state index in [1.807, 2.05) is 11.0 Å². The van der Waals surface area contributed by atoms with E-state index in [-0.39, 0.29) is 11.5 Å². The molecule has 3 aliphatic rings. The summed E-state index contributed by atoms with van der Waals surface area (Å²) < 4.78 is 14.6. The van der Waals surface area contributed by atoms with Gasteiger partial charge in [0.1, 0.15) is 17.3 Å². The maximum Gasteiger partial charge on any atom is 0.273 e. The Balaban J connectivity index is 1.57. The molecule has 0 atom stereocenters. The van der Waals surface area contributed by atoms with Crippen molar-refractivity contribution in [1.82, 2.24) is 15.4 Å². The third kappa shape index (κ3) is 3.94. The lowest BCUT2D eigenvalue weighted by molar-refractivity contribution is -0.127.